The van der Waals surface area contributed by atoms with E-state index in [0.29, 0.717) is 5.41 Å². The standard InChI is InChI=1S/C9H20.Si/c1-5-9(6-2,7-3)8-4;/h5-8H2,1-4H3;. The van der Waals surface area contributed by atoms with Gasteiger partial charge in [0.2, 0.25) is 0 Å². The summed E-state index contributed by atoms with van der Waals surface area (Å²) in [5.74, 6) is 0. The van der Waals surface area contributed by atoms with E-state index in [1.54, 1.807) is 0 Å². The van der Waals surface area contributed by atoms with Crippen molar-refractivity contribution in [3.8, 4) is 0 Å². The van der Waals surface area contributed by atoms with Gasteiger partial charge in [0.1, 0.15) is 0 Å². The molecule has 0 aromatic carbocycles. The summed E-state index contributed by atoms with van der Waals surface area (Å²) in [7, 11) is 0. The van der Waals surface area contributed by atoms with Gasteiger partial charge in [-0.3, -0.25) is 0 Å². The summed E-state index contributed by atoms with van der Waals surface area (Å²) in [6.07, 6.45) is 5.38. The monoisotopic (exact) mass is 156 g/mol. The highest BCUT2D eigenvalue weighted by Gasteiger charge is 2.20. The summed E-state index contributed by atoms with van der Waals surface area (Å²) in [6.45, 7) is 9.21. The van der Waals surface area contributed by atoms with Crippen molar-refractivity contribution in [2.24, 2.45) is 5.41 Å². The van der Waals surface area contributed by atoms with Gasteiger partial charge in [0.25, 0.3) is 0 Å². The van der Waals surface area contributed by atoms with Crippen LogP contribution in [0.2, 0.25) is 0 Å². The van der Waals surface area contributed by atoms with Gasteiger partial charge in [-0.1, -0.05) is 53.4 Å². The van der Waals surface area contributed by atoms with Gasteiger partial charge in [0.15, 0.2) is 0 Å². The smallest absolute Gasteiger partial charge is 0 e. The van der Waals surface area contributed by atoms with Crippen LogP contribution in [0.25, 0.3) is 0 Å². The molecule has 0 aliphatic carbocycles. The molecule has 0 saturated heterocycles. The quantitative estimate of drug-likeness (QED) is 0.548. The molecule has 0 atom stereocenters. The molecule has 1 heteroatoms. The first-order valence-electron chi connectivity index (χ1n) is 4.24. The largest absolute Gasteiger partial charge is 0.0649 e. The fourth-order valence-electron chi connectivity index (χ4n) is 1.50. The van der Waals surface area contributed by atoms with E-state index in [2.05, 4.69) is 27.7 Å². The van der Waals surface area contributed by atoms with Gasteiger partial charge in [0, 0.05) is 11.0 Å². The van der Waals surface area contributed by atoms with Crippen LogP contribution in [-0.2, 0) is 0 Å². The van der Waals surface area contributed by atoms with E-state index in [-0.39, 0.29) is 11.0 Å². The highest BCUT2D eigenvalue weighted by atomic mass is 28.1. The van der Waals surface area contributed by atoms with E-state index in [9.17, 15) is 0 Å². The molecule has 0 aromatic heterocycles. The Labute approximate surface area is 70.4 Å². The lowest BCUT2D eigenvalue weighted by Crippen LogP contribution is -2.15. The lowest BCUT2D eigenvalue weighted by atomic mass is 9.78. The molecule has 0 unspecified atom stereocenters. The third-order valence-electron chi connectivity index (χ3n) is 3.00. The van der Waals surface area contributed by atoms with E-state index in [0.717, 1.165) is 0 Å². The molecule has 0 aliphatic rings. The molecule has 0 nitrogen and oxygen atoms in total. The summed E-state index contributed by atoms with van der Waals surface area (Å²) >= 11 is 0. The number of hydrogen-bond donors (Lipinski definition) is 0. The normalized spacial score (nSPS) is 10.8. The molecule has 0 N–H and O–H groups in total. The van der Waals surface area contributed by atoms with Gasteiger partial charge in [-0.05, 0) is 5.41 Å². The Morgan fingerprint density at radius 2 is 0.900 bits per heavy atom. The Bertz CT molecular complexity index is 47.6. The summed E-state index contributed by atoms with van der Waals surface area (Å²) in [5.41, 5.74) is 0.667. The van der Waals surface area contributed by atoms with E-state index < -0.39 is 0 Å². The molecule has 0 spiro atoms. The molecule has 0 aromatic rings. The first-order valence-corrected chi connectivity index (χ1v) is 4.24. The van der Waals surface area contributed by atoms with Crippen molar-refractivity contribution >= 4 is 11.0 Å². The van der Waals surface area contributed by atoms with Crippen molar-refractivity contribution < 1.29 is 0 Å². The summed E-state index contributed by atoms with van der Waals surface area (Å²) in [4.78, 5) is 0. The van der Waals surface area contributed by atoms with Crippen LogP contribution in [0.15, 0.2) is 0 Å². The third-order valence-corrected chi connectivity index (χ3v) is 3.00. The van der Waals surface area contributed by atoms with Crippen molar-refractivity contribution in [1.29, 1.82) is 0 Å². The van der Waals surface area contributed by atoms with Crippen LogP contribution in [0.1, 0.15) is 53.4 Å². The molecule has 10 heavy (non-hydrogen) atoms. The molecular weight excluding hydrogens is 136 g/mol. The number of hydrogen-bond acceptors (Lipinski definition) is 0. The molecule has 0 heterocycles. The van der Waals surface area contributed by atoms with Crippen LogP contribution in [0, 0.1) is 5.41 Å². The van der Waals surface area contributed by atoms with E-state index in [1.807, 2.05) is 0 Å². The summed E-state index contributed by atoms with van der Waals surface area (Å²) < 4.78 is 0. The molecule has 0 rings (SSSR count). The topological polar surface area (TPSA) is 0 Å². The Hall–Kier alpha value is 0.217. The highest BCUT2D eigenvalue weighted by Crippen LogP contribution is 2.33. The van der Waals surface area contributed by atoms with Crippen LogP contribution in [0.5, 0.6) is 0 Å². The predicted octanol–water partition coefficient (Wildman–Crippen LogP) is 3.23. The highest BCUT2D eigenvalue weighted by molar-refractivity contribution is 5.75. The van der Waals surface area contributed by atoms with Crippen LogP contribution in [0.3, 0.4) is 0 Å². The molecule has 0 aliphatic heterocycles. The Balaban J connectivity index is 0. The zero-order valence-electron chi connectivity index (χ0n) is 7.83. The SMILES string of the molecule is CCC(CC)(CC)CC.[Si]. The molecule has 0 bridgehead atoms. The second-order valence-electron chi connectivity index (χ2n) is 2.91. The number of rotatable bonds is 4. The zero-order chi connectivity index (χ0) is 7.33. The molecule has 0 saturated carbocycles. The van der Waals surface area contributed by atoms with E-state index in [1.165, 1.54) is 25.7 Å². The van der Waals surface area contributed by atoms with Crippen LogP contribution >= 0.6 is 0 Å². The summed E-state index contributed by atoms with van der Waals surface area (Å²) in [5, 5.41) is 0. The van der Waals surface area contributed by atoms with E-state index in [4.69, 9.17) is 0 Å². The Kier molecular flexibility index (Phi) is 7.66. The van der Waals surface area contributed by atoms with E-state index >= 15 is 0 Å². The van der Waals surface area contributed by atoms with Gasteiger partial charge in [-0.25, -0.2) is 0 Å². The maximum Gasteiger partial charge on any atom is 0 e. The second kappa shape index (κ2) is 5.96. The average Bonchev–Trinajstić information content (AvgIpc) is 1.95. The van der Waals surface area contributed by atoms with Gasteiger partial charge < -0.3 is 0 Å². The molecule has 60 valence electrons. The minimum absolute atomic E-state index is 0. The lowest BCUT2D eigenvalue weighted by molar-refractivity contribution is 0.240. The van der Waals surface area contributed by atoms with Crippen molar-refractivity contribution in [3.05, 3.63) is 0 Å². The van der Waals surface area contributed by atoms with Gasteiger partial charge in [-0.2, -0.15) is 0 Å². The molecular formula is C9H20Si. The van der Waals surface area contributed by atoms with Crippen molar-refractivity contribution in [2.75, 3.05) is 0 Å². The first-order chi connectivity index (χ1) is 4.24. The van der Waals surface area contributed by atoms with Crippen LogP contribution < -0.4 is 0 Å². The van der Waals surface area contributed by atoms with Gasteiger partial charge >= 0.3 is 0 Å². The van der Waals surface area contributed by atoms with Gasteiger partial charge in [-0.15, -0.1) is 0 Å². The third kappa shape index (κ3) is 2.87. The average molecular weight is 156 g/mol. The maximum atomic E-state index is 2.30. The fourth-order valence-corrected chi connectivity index (χ4v) is 1.50. The lowest BCUT2D eigenvalue weighted by Gasteiger charge is -2.28. The zero-order valence-corrected chi connectivity index (χ0v) is 8.83. The molecule has 0 fully saturated rings. The Morgan fingerprint density at radius 3 is 0.900 bits per heavy atom. The fraction of sp³-hybridized carbons (Fsp3) is 1.00. The van der Waals surface area contributed by atoms with Crippen LogP contribution in [-0.4, -0.2) is 11.0 Å². The Morgan fingerprint density at radius 1 is 0.700 bits per heavy atom. The summed E-state index contributed by atoms with van der Waals surface area (Å²) in [6, 6.07) is 0. The first kappa shape index (κ1) is 12.9. The van der Waals surface area contributed by atoms with Crippen molar-refractivity contribution in [1.82, 2.24) is 0 Å². The second-order valence-corrected chi connectivity index (χ2v) is 2.91. The maximum absolute atomic E-state index is 2.30. The predicted molar refractivity (Wildman–Crippen MR) is 49.4 cm³/mol. The minimum Gasteiger partial charge on any atom is -0.0649 e. The molecule has 0 amide bonds. The minimum atomic E-state index is 0. The van der Waals surface area contributed by atoms with Crippen LogP contribution in [0.4, 0.5) is 0 Å². The van der Waals surface area contributed by atoms with Gasteiger partial charge in [0.05, 0.1) is 0 Å². The van der Waals surface area contributed by atoms with Crippen molar-refractivity contribution in [3.63, 3.8) is 0 Å². The van der Waals surface area contributed by atoms with Crippen molar-refractivity contribution in [2.45, 2.75) is 53.4 Å². The molecule has 4 radical (unpaired) electrons.